The Morgan fingerprint density at radius 2 is 2.00 bits per heavy atom. The molecule has 0 aliphatic carbocycles. The Balaban J connectivity index is 1.54. The fourth-order valence-corrected chi connectivity index (χ4v) is 3.66. The first-order chi connectivity index (χ1) is 13.1. The van der Waals surface area contributed by atoms with Gasteiger partial charge in [0.1, 0.15) is 0 Å². The van der Waals surface area contributed by atoms with Gasteiger partial charge in [-0.3, -0.25) is 14.7 Å². The highest BCUT2D eigenvalue weighted by Gasteiger charge is 2.21. The summed E-state index contributed by atoms with van der Waals surface area (Å²) in [5, 5.41) is 12.4. The average Bonchev–Trinajstić information content (AvgIpc) is 3.35. The topological polar surface area (TPSA) is 75.9 Å². The summed E-state index contributed by atoms with van der Waals surface area (Å²) in [5.74, 6) is -0.182. The number of carbonyl (C=O) groups is 1. The van der Waals surface area contributed by atoms with E-state index in [4.69, 9.17) is 0 Å². The number of pyridine rings is 1. The molecule has 0 saturated carbocycles. The van der Waals surface area contributed by atoms with Crippen molar-refractivity contribution in [3.05, 3.63) is 47.9 Å². The van der Waals surface area contributed by atoms with Crippen molar-refractivity contribution < 1.29 is 4.79 Å². The van der Waals surface area contributed by atoms with Crippen LogP contribution in [-0.2, 0) is 0 Å². The van der Waals surface area contributed by atoms with E-state index in [-0.39, 0.29) is 5.91 Å². The first-order valence-corrected chi connectivity index (χ1v) is 9.44. The van der Waals surface area contributed by atoms with Crippen molar-refractivity contribution in [3.8, 4) is 5.69 Å². The van der Waals surface area contributed by atoms with E-state index >= 15 is 0 Å². The van der Waals surface area contributed by atoms with E-state index in [1.807, 2.05) is 37.3 Å². The molecular weight excluding hydrogens is 340 g/mol. The summed E-state index contributed by atoms with van der Waals surface area (Å²) in [6, 6.07) is 10.1. The summed E-state index contributed by atoms with van der Waals surface area (Å²) in [6.07, 6.45) is 4.24. The average molecular weight is 364 g/mol. The van der Waals surface area contributed by atoms with E-state index in [2.05, 4.69) is 32.4 Å². The van der Waals surface area contributed by atoms with Crippen LogP contribution in [-0.4, -0.2) is 56.5 Å². The molecule has 0 radical (unpaired) electrons. The molecule has 3 aromatic rings. The number of fused-ring (bicyclic) bond motifs is 1. The lowest BCUT2D eigenvalue weighted by atomic mass is 10.2. The molecule has 7 heteroatoms. The lowest BCUT2D eigenvalue weighted by Gasteiger charge is -2.23. The van der Waals surface area contributed by atoms with E-state index < -0.39 is 0 Å². The number of amides is 1. The molecule has 0 bridgehead atoms. The molecular formula is C20H24N6O. The molecule has 0 spiro atoms. The summed E-state index contributed by atoms with van der Waals surface area (Å²) < 4.78 is 1.69. The Hall–Kier alpha value is -2.80. The molecule has 7 nitrogen and oxygen atoms in total. The van der Waals surface area contributed by atoms with Crippen molar-refractivity contribution in [2.45, 2.75) is 32.7 Å². The van der Waals surface area contributed by atoms with Crippen molar-refractivity contribution >= 4 is 16.8 Å². The van der Waals surface area contributed by atoms with Gasteiger partial charge in [0.25, 0.3) is 5.91 Å². The summed E-state index contributed by atoms with van der Waals surface area (Å²) in [4.78, 5) is 19.5. The van der Waals surface area contributed by atoms with Crippen LogP contribution in [0.5, 0.6) is 0 Å². The van der Waals surface area contributed by atoms with Gasteiger partial charge in [0.2, 0.25) is 0 Å². The summed E-state index contributed by atoms with van der Waals surface area (Å²) >= 11 is 0. The third-order valence-corrected chi connectivity index (χ3v) is 5.27. The van der Waals surface area contributed by atoms with Gasteiger partial charge in [-0.15, -0.1) is 5.10 Å². The molecule has 3 heterocycles. The molecule has 1 aromatic carbocycles. The van der Waals surface area contributed by atoms with Crippen LogP contribution in [0.25, 0.3) is 16.6 Å². The van der Waals surface area contributed by atoms with E-state index in [1.165, 1.54) is 12.8 Å². The van der Waals surface area contributed by atoms with Gasteiger partial charge >= 0.3 is 0 Å². The number of nitrogens with zero attached hydrogens (tertiary/aromatic N) is 5. The molecule has 4 rings (SSSR count). The third-order valence-electron chi connectivity index (χ3n) is 5.27. The number of rotatable bonds is 5. The second-order valence-electron chi connectivity index (χ2n) is 7.09. The minimum atomic E-state index is -0.182. The molecule has 1 N–H and O–H groups in total. The predicted octanol–water partition coefficient (Wildman–Crippen LogP) is 2.34. The van der Waals surface area contributed by atoms with Crippen LogP contribution in [0.2, 0.25) is 0 Å². The number of carbonyl (C=O) groups excluding carboxylic acids is 1. The molecule has 1 aliphatic heterocycles. The molecule has 140 valence electrons. The van der Waals surface area contributed by atoms with Gasteiger partial charge in [-0.2, -0.15) is 0 Å². The number of nitrogens with one attached hydrogen (secondary N) is 1. The third kappa shape index (κ3) is 3.42. The normalized spacial score (nSPS) is 15.9. The van der Waals surface area contributed by atoms with Gasteiger partial charge in [0.15, 0.2) is 5.69 Å². The molecule has 1 fully saturated rings. The van der Waals surface area contributed by atoms with Crippen LogP contribution < -0.4 is 5.32 Å². The summed E-state index contributed by atoms with van der Waals surface area (Å²) in [7, 11) is 0. The largest absolute Gasteiger partial charge is 0.349 e. The fraction of sp³-hybridized carbons (Fsp3) is 0.400. The lowest BCUT2D eigenvalue weighted by Crippen LogP contribution is -2.40. The van der Waals surface area contributed by atoms with Gasteiger partial charge in [-0.25, -0.2) is 4.68 Å². The highest BCUT2D eigenvalue weighted by molar-refractivity contribution is 5.93. The van der Waals surface area contributed by atoms with Crippen LogP contribution in [0.4, 0.5) is 0 Å². The van der Waals surface area contributed by atoms with E-state index in [1.54, 1.807) is 10.9 Å². The number of benzene rings is 1. The molecule has 0 unspecified atom stereocenters. The SMILES string of the molecule is Cc1c(C(=O)NC[C@H](C)N2CCCC2)nnn1-c1cccc2cccnc12. The van der Waals surface area contributed by atoms with Crippen LogP contribution in [0, 0.1) is 6.92 Å². The zero-order valence-corrected chi connectivity index (χ0v) is 15.7. The predicted molar refractivity (Wildman–Crippen MR) is 104 cm³/mol. The van der Waals surface area contributed by atoms with Crippen molar-refractivity contribution in [1.82, 2.24) is 30.2 Å². The van der Waals surface area contributed by atoms with E-state index in [9.17, 15) is 4.79 Å². The highest BCUT2D eigenvalue weighted by Crippen LogP contribution is 2.21. The van der Waals surface area contributed by atoms with E-state index in [0.29, 0.717) is 24.0 Å². The Bertz CT molecular complexity index is 955. The van der Waals surface area contributed by atoms with Crippen LogP contribution in [0.3, 0.4) is 0 Å². The lowest BCUT2D eigenvalue weighted by molar-refractivity contribution is 0.0934. The van der Waals surface area contributed by atoms with Crippen LogP contribution in [0.1, 0.15) is 35.9 Å². The number of likely N-dealkylation sites (tertiary alicyclic amines) is 1. The van der Waals surface area contributed by atoms with Crippen LogP contribution in [0.15, 0.2) is 36.5 Å². The number of aromatic nitrogens is 4. The Labute approximate surface area is 158 Å². The van der Waals surface area contributed by atoms with Crippen LogP contribution >= 0.6 is 0 Å². The maximum Gasteiger partial charge on any atom is 0.273 e. The van der Waals surface area contributed by atoms with Gasteiger partial charge in [-0.05, 0) is 51.9 Å². The van der Waals surface area contributed by atoms with Crippen molar-refractivity contribution in [2.24, 2.45) is 0 Å². The second-order valence-corrected chi connectivity index (χ2v) is 7.09. The monoisotopic (exact) mass is 364 g/mol. The van der Waals surface area contributed by atoms with Crippen molar-refractivity contribution in [3.63, 3.8) is 0 Å². The summed E-state index contributed by atoms with van der Waals surface area (Å²) in [6.45, 7) is 6.85. The van der Waals surface area contributed by atoms with Gasteiger partial charge in [0, 0.05) is 24.2 Å². The smallest absolute Gasteiger partial charge is 0.273 e. The minimum Gasteiger partial charge on any atom is -0.349 e. The highest BCUT2D eigenvalue weighted by atomic mass is 16.2. The van der Waals surface area contributed by atoms with Crippen molar-refractivity contribution in [2.75, 3.05) is 19.6 Å². The summed E-state index contributed by atoms with van der Waals surface area (Å²) in [5.41, 5.74) is 2.72. The Morgan fingerprint density at radius 3 is 2.81 bits per heavy atom. The van der Waals surface area contributed by atoms with E-state index in [0.717, 1.165) is 29.7 Å². The Kier molecular flexibility index (Phi) is 4.85. The van der Waals surface area contributed by atoms with Gasteiger partial charge < -0.3 is 5.32 Å². The minimum absolute atomic E-state index is 0.182. The second kappa shape index (κ2) is 7.44. The standard InChI is InChI=1S/C20H24N6O/c1-14(25-11-3-4-12-25)13-22-20(27)18-15(2)26(24-23-18)17-9-5-7-16-8-6-10-21-19(16)17/h5-10,14H,3-4,11-13H2,1-2H3,(H,22,27)/t14-/m0/s1. The molecule has 1 atom stereocenters. The van der Waals surface area contributed by atoms with Gasteiger partial charge in [0.05, 0.1) is 16.9 Å². The fourth-order valence-electron chi connectivity index (χ4n) is 3.66. The number of para-hydroxylation sites is 1. The first kappa shape index (κ1) is 17.6. The molecule has 27 heavy (non-hydrogen) atoms. The Morgan fingerprint density at radius 1 is 1.22 bits per heavy atom. The molecule has 1 amide bonds. The molecule has 1 saturated heterocycles. The number of hydrogen-bond acceptors (Lipinski definition) is 5. The molecule has 1 aliphatic rings. The quantitative estimate of drug-likeness (QED) is 0.752. The van der Waals surface area contributed by atoms with Gasteiger partial charge in [-0.1, -0.05) is 23.4 Å². The zero-order chi connectivity index (χ0) is 18.8. The zero-order valence-electron chi connectivity index (χ0n) is 15.7. The maximum absolute atomic E-state index is 12.6. The van der Waals surface area contributed by atoms with Crippen molar-refractivity contribution in [1.29, 1.82) is 0 Å². The molecule has 2 aromatic heterocycles. The maximum atomic E-state index is 12.6. The first-order valence-electron chi connectivity index (χ1n) is 9.44. The number of hydrogen-bond donors (Lipinski definition) is 1.